The summed E-state index contributed by atoms with van der Waals surface area (Å²) < 4.78 is 20.6. The predicted octanol–water partition coefficient (Wildman–Crippen LogP) is 2.84. The van der Waals surface area contributed by atoms with Gasteiger partial charge in [-0.15, -0.1) is 17.9 Å². The third-order valence-electron chi connectivity index (χ3n) is 4.99. The fourth-order valence-electron chi connectivity index (χ4n) is 3.18. The van der Waals surface area contributed by atoms with Crippen LogP contribution >= 0.6 is 0 Å². The number of rotatable bonds is 7. The Morgan fingerprint density at radius 3 is 2.70 bits per heavy atom. The van der Waals surface area contributed by atoms with Crippen molar-refractivity contribution in [1.82, 2.24) is 24.5 Å². The smallest absolute Gasteiger partial charge is 0.223 e. The van der Waals surface area contributed by atoms with Crippen molar-refractivity contribution in [1.29, 1.82) is 0 Å². The van der Waals surface area contributed by atoms with Gasteiger partial charge < -0.3 is 15.4 Å². The van der Waals surface area contributed by atoms with E-state index in [0.29, 0.717) is 35.2 Å². The summed E-state index contributed by atoms with van der Waals surface area (Å²) in [6.07, 6.45) is 10.8. The number of methoxy groups -OCH3 is 1. The van der Waals surface area contributed by atoms with Gasteiger partial charge in [0.2, 0.25) is 11.9 Å². The van der Waals surface area contributed by atoms with E-state index in [-0.39, 0.29) is 23.6 Å². The molecule has 0 fully saturated rings. The van der Waals surface area contributed by atoms with E-state index in [1.165, 1.54) is 23.8 Å². The molecule has 0 saturated carbocycles. The van der Waals surface area contributed by atoms with Crippen molar-refractivity contribution in [3.8, 4) is 18.6 Å². The maximum atomic E-state index is 14.1. The van der Waals surface area contributed by atoms with Gasteiger partial charge in [0, 0.05) is 37.4 Å². The molecule has 1 atom stereocenters. The fourth-order valence-corrected chi connectivity index (χ4v) is 3.18. The second kappa shape index (κ2) is 9.87. The van der Waals surface area contributed by atoms with Crippen molar-refractivity contribution >= 4 is 28.4 Å². The molecule has 0 radical (unpaired) electrons. The molecule has 0 spiro atoms. The van der Waals surface area contributed by atoms with E-state index in [1.54, 1.807) is 4.90 Å². The average molecular weight is 414 g/mol. The minimum atomic E-state index is -0.495. The Morgan fingerprint density at radius 2 is 2.07 bits per heavy atom. The summed E-state index contributed by atoms with van der Waals surface area (Å²) >= 11 is 0. The lowest BCUT2D eigenvalue weighted by Gasteiger charge is -2.24. The molecule has 0 aliphatic heterocycles. The average Bonchev–Trinajstić information content (AvgIpc) is 3.19. The highest BCUT2D eigenvalue weighted by Gasteiger charge is 2.17. The molecular weight excluding hydrogens is 387 g/mol. The topological polar surface area (TPSA) is 98.6 Å². The van der Waals surface area contributed by atoms with Gasteiger partial charge in [-0.1, -0.05) is 6.92 Å². The number of nitrogen functional groups attached to an aromatic ring is 1. The van der Waals surface area contributed by atoms with Crippen LogP contribution in [0.3, 0.4) is 0 Å². The van der Waals surface area contributed by atoms with Crippen molar-refractivity contribution in [2.75, 3.05) is 19.9 Å². The fraction of sp³-hybridized carbons (Fsp3) is 0.429. The van der Waals surface area contributed by atoms with Crippen LogP contribution in [-0.4, -0.2) is 50.6 Å². The second-order valence-corrected chi connectivity index (χ2v) is 6.84. The molecule has 2 heterocycles. The van der Waals surface area contributed by atoms with E-state index in [2.05, 4.69) is 27.9 Å². The number of carbonyl (C=O) groups is 1. The van der Waals surface area contributed by atoms with Crippen molar-refractivity contribution in [2.45, 2.75) is 45.6 Å². The Labute approximate surface area is 175 Å². The molecule has 1 aromatic carbocycles. The summed E-state index contributed by atoms with van der Waals surface area (Å²) in [5, 5.41) is 4.93. The second-order valence-electron chi connectivity index (χ2n) is 6.84. The largest absolute Gasteiger partial charge is 0.494 e. The zero-order chi connectivity index (χ0) is 22.4. The Balaban J connectivity index is 0.00000155. The Bertz CT molecular complexity index is 1060. The first-order valence-corrected chi connectivity index (χ1v) is 9.63. The van der Waals surface area contributed by atoms with Crippen LogP contribution in [-0.2, 0) is 11.2 Å². The number of ether oxygens (including phenoxy) is 1. The molecule has 0 unspecified atom stereocenters. The summed E-state index contributed by atoms with van der Waals surface area (Å²) in [6, 6.07) is 2.97. The summed E-state index contributed by atoms with van der Waals surface area (Å²) in [5.41, 5.74) is 6.96. The maximum absolute atomic E-state index is 14.1. The minimum Gasteiger partial charge on any atom is -0.494 e. The third kappa shape index (κ3) is 4.59. The van der Waals surface area contributed by atoms with Crippen LogP contribution in [0.5, 0.6) is 5.75 Å². The summed E-state index contributed by atoms with van der Waals surface area (Å²) in [5.74, 6) is 0.514. The number of amides is 1. The summed E-state index contributed by atoms with van der Waals surface area (Å²) in [4.78, 5) is 22.4. The van der Waals surface area contributed by atoms with Crippen molar-refractivity contribution < 1.29 is 13.9 Å². The first-order valence-electron chi connectivity index (χ1n) is 9.63. The van der Waals surface area contributed by atoms with E-state index >= 15 is 0 Å². The molecule has 0 saturated heterocycles. The normalized spacial score (nSPS) is 11.7. The van der Waals surface area contributed by atoms with Gasteiger partial charge in [-0.2, -0.15) is 4.52 Å². The van der Waals surface area contributed by atoms with Crippen LogP contribution in [0, 0.1) is 18.7 Å². The molecule has 2 N–H and O–H groups in total. The van der Waals surface area contributed by atoms with Gasteiger partial charge in [-0.05, 0) is 25.8 Å². The Hall–Kier alpha value is -3.41. The van der Waals surface area contributed by atoms with Gasteiger partial charge in [-0.25, -0.2) is 14.4 Å². The van der Waals surface area contributed by atoms with Crippen LogP contribution in [0.25, 0.3) is 16.6 Å². The number of fused-ring (bicyclic) bond motifs is 3. The number of hydrogen-bond donors (Lipinski definition) is 1. The molecule has 8 nitrogen and oxygen atoms in total. The number of halogens is 1. The lowest BCUT2D eigenvalue weighted by atomic mass is 10.1. The highest BCUT2D eigenvalue weighted by atomic mass is 19.1. The number of carbonyl (C=O) groups excluding carboxylic acids is 1. The molecule has 1 amide bonds. The highest BCUT2D eigenvalue weighted by Crippen LogP contribution is 2.27. The molecule has 9 heteroatoms. The van der Waals surface area contributed by atoms with Crippen molar-refractivity contribution in [3.63, 3.8) is 0 Å². The number of aromatic nitrogens is 4. The summed E-state index contributed by atoms with van der Waals surface area (Å²) in [7, 11) is 3.22. The van der Waals surface area contributed by atoms with Gasteiger partial charge in [0.1, 0.15) is 0 Å². The predicted molar refractivity (Wildman–Crippen MR) is 115 cm³/mol. The van der Waals surface area contributed by atoms with Crippen LogP contribution < -0.4 is 10.5 Å². The van der Waals surface area contributed by atoms with Crippen molar-refractivity contribution in [2.24, 2.45) is 0 Å². The molecule has 3 aromatic rings. The number of benzene rings is 1. The molecule has 0 bridgehead atoms. The standard InChI is InChI=1S/C19H25FN6O2.C2H2/c1-5-17(27)25(3)11(2)7-6-8-16-23-18-12-9-13(20)15(28-4)10-14(12)22-19(21)26(18)24-16;1-2/h9-11H,5-8H2,1-4H3,(H2,21,22);1-2H/t11-;/m0./s1. The number of aryl methyl sites for hydroxylation is 1. The number of anilines is 1. The summed E-state index contributed by atoms with van der Waals surface area (Å²) in [6.45, 7) is 3.88. The maximum Gasteiger partial charge on any atom is 0.223 e. The van der Waals surface area contributed by atoms with E-state index in [0.717, 1.165) is 12.8 Å². The molecule has 160 valence electrons. The molecule has 2 aromatic heterocycles. The first-order chi connectivity index (χ1) is 14.3. The number of terminal acetylenes is 1. The van der Waals surface area contributed by atoms with Crippen molar-refractivity contribution in [3.05, 3.63) is 23.8 Å². The van der Waals surface area contributed by atoms with Gasteiger partial charge in [0.15, 0.2) is 23.0 Å². The zero-order valence-electron chi connectivity index (χ0n) is 17.7. The minimum absolute atomic E-state index is 0.100. The Morgan fingerprint density at radius 1 is 1.37 bits per heavy atom. The van der Waals surface area contributed by atoms with Crippen LogP contribution in [0.1, 0.15) is 38.9 Å². The van der Waals surface area contributed by atoms with E-state index in [1.807, 2.05) is 20.9 Å². The van der Waals surface area contributed by atoms with Crippen LogP contribution in [0.15, 0.2) is 12.1 Å². The monoisotopic (exact) mass is 414 g/mol. The van der Waals surface area contributed by atoms with E-state index in [9.17, 15) is 9.18 Å². The lowest BCUT2D eigenvalue weighted by Crippen LogP contribution is -2.34. The van der Waals surface area contributed by atoms with E-state index < -0.39 is 5.82 Å². The number of hydrogen-bond acceptors (Lipinski definition) is 6. The Kier molecular flexibility index (Phi) is 7.53. The molecule has 0 aliphatic rings. The SMILES string of the molecule is C#C.CCC(=O)N(C)[C@@H](C)CCCc1nc2c3cc(F)c(OC)cc3nc(N)n2n1. The quantitative estimate of drug-likeness (QED) is 0.597. The van der Waals surface area contributed by atoms with Gasteiger partial charge in [0.05, 0.1) is 12.6 Å². The van der Waals surface area contributed by atoms with Crippen LogP contribution in [0.2, 0.25) is 0 Å². The molecular formula is C21H27FN6O2. The number of nitrogens with two attached hydrogens (primary N) is 1. The van der Waals surface area contributed by atoms with Gasteiger partial charge >= 0.3 is 0 Å². The molecule has 3 rings (SSSR count). The lowest BCUT2D eigenvalue weighted by molar-refractivity contribution is -0.131. The van der Waals surface area contributed by atoms with Gasteiger partial charge in [0.25, 0.3) is 0 Å². The zero-order valence-corrected chi connectivity index (χ0v) is 17.7. The van der Waals surface area contributed by atoms with E-state index in [4.69, 9.17) is 10.5 Å². The van der Waals surface area contributed by atoms with Gasteiger partial charge in [-0.3, -0.25) is 4.79 Å². The third-order valence-corrected chi connectivity index (χ3v) is 4.99. The molecule has 0 aliphatic carbocycles. The van der Waals surface area contributed by atoms with Crippen LogP contribution in [0.4, 0.5) is 10.3 Å². The highest BCUT2D eigenvalue weighted by molar-refractivity contribution is 5.93. The first kappa shape index (κ1) is 22.9. The molecule has 30 heavy (non-hydrogen) atoms. The number of nitrogens with zero attached hydrogens (tertiary/aromatic N) is 5.